The number of phenolic OH excluding ortho intramolecular Hbond substituents is 1. The van der Waals surface area contributed by atoms with E-state index in [9.17, 15) is 8.78 Å². The van der Waals surface area contributed by atoms with Crippen molar-refractivity contribution in [2.45, 2.75) is 25.9 Å². The van der Waals surface area contributed by atoms with Crippen LogP contribution >= 0.6 is 11.3 Å². The molecule has 2 rings (SSSR count). The van der Waals surface area contributed by atoms with Crippen LogP contribution in [0.3, 0.4) is 0 Å². The molecule has 0 aliphatic heterocycles. The molecule has 1 heterocycles. The summed E-state index contributed by atoms with van der Waals surface area (Å²) in [6.45, 7) is 2.40. The fourth-order valence-corrected chi connectivity index (χ4v) is 2.78. The van der Waals surface area contributed by atoms with Crippen LogP contribution in [-0.4, -0.2) is 5.11 Å². The van der Waals surface area contributed by atoms with E-state index in [4.69, 9.17) is 5.11 Å². The third kappa shape index (κ3) is 3.30. The second kappa shape index (κ2) is 6.12. The standard InChI is InChI=1S/C14H15F2NOS/c1-2-12(13-4-3-5-19-13)17-8-9-6-10(15)14(18)11(16)7-9/h3-7,12,17-18H,2,8H2,1H3. The van der Waals surface area contributed by atoms with Crippen molar-refractivity contribution in [2.75, 3.05) is 0 Å². The number of nitrogens with one attached hydrogen (secondary N) is 1. The van der Waals surface area contributed by atoms with E-state index in [1.165, 1.54) is 4.88 Å². The van der Waals surface area contributed by atoms with Crippen molar-refractivity contribution in [1.29, 1.82) is 0 Å². The summed E-state index contributed by atoms with van der Waals surface area (Å²) in [5, 5.41) is 14.3. The van der Waals surface area contributed by atoms with Gasteiger partial charge in [-0.1, -0.05) is 13.0 Å². The monoisotopic (exact) mass is 283 g/mol. The van der Waals surface area contributed by atoms with Crippen LogP contribution in [0.25, 0.3) is 0 Å². The molecule has 0 amide bonds. The molecule has 1 aromatic carbocycles. The summed E-state index contributed by atoms with van der Waals surface area (Å²) >= 11 is 1.65. The lowest BCUT2D eigenvalue weighted by Crippen LogP contribution is -2.19. The molecule has 2 nitrogen and oxygen atoms in total. The van der Waals surface area contributed by atoms with Gasteiger partial charge in [-0.3, -0.25) is 0 Å². The summed E-state index contributed by atoms with van der Waals surface area (Å²) in [5.41, 5.74) is 0.475. The van der Waals surface area contributed by atoms with Crippen molar-refractivity contribution in [2.24, 2.45) is 0 Å². The SMILES string of the molecule is CCC(NCc1cc(F)c(O)c(F)c1)c1cccs1. The first kappa shape index (κ1) is 14.0. The van der Waals surface area contributed by atoms with Crippen LogP contribution in [0.2, 0.25) is 0 Å². The zero-order valence-electron chi connectivity index (χ0n) is 10.5. The third-order valence-electron chi connectivity index (χ3n) is 2.92. The Kier molecular flexibility index (Phi) is 4.50. The quantitative estimate of drug-likeness (QED) is 0.870. The lowest BCUT2D eigenvalue weighted by Gasteiger charge is -2.15. The number of rotatable bonds is 5. The fraction of sp³-hybridized carbons (Fsp3) is 0.286. The molecular weight excluding hydrogens is 268 g/mol. The van der Waals surface area contributed by atoms with E-state index in [0.717, 1.165) is 18.6 Å². The number of halogens is 2. The van der Waals surface area contributed by atoms with Crippen molar-refractivity contribution < 1.29 is 13.9 Å². The molecule has 2 N–H and O–H groups in total. The number of benzene rings is 1. The molecule has 0 aliphatic carbocycles. The molecular formula is C14H15F2NOS. The molecule has 0 saturated heterocycles. The lowest BCUT2D eigenvalue weighted by molar-refractivity contribution is 0.394. The highest BCUT2D eigenvalue weighted by Gasteiger charge is 2.12. The predicted molar refractivity (Wildman–Crippen MR) is 72.2 cm³/mol. The number of thiophene rings is 1. The third-order valence-corrected chi connectivity index (χ3v) is 3.91. The van der Waals surface area contributed by atoms with Gasteiger partial charge in [0.2, 0.25) is 0 Å². The van der Waals surface area contributed by atoms with Gasteiger partial charge in [0.05, 0.1) is 0 Å². The van der Waals surface area contributed by atoms with Crippen LogP contribution in [0, 0.1) is 11.6 Å². The van der Waals surface area contributed by atoms with Crippen molar-refractivity contribution in [3.8, 4) is 5.75 Å². The topological polar surface area (TPSA) is 32.3 Å². The molecule has 2 aromatic rings. The highest BCUT2D eigenvalue weighted by molar-refractivity contribution is 7.10. The van der Waals surface area contributed by atoms with Crippen molar-refractivity contribution in [1.82, 2.24) is 5.32 Å². The summed E-state index contributed by atoms with van der Waals surface area (Å²) in [7, 11) is 0. The predicted octanol–water partition coefficient (Wildman–Crippen LogP) is 3.97. The van der Waals surface area contributed by atoms with Gasteiger partial charge in [0, 0.05) is 17.5 Å². The van der Waals surface area contributed by atoms with Gasteiger partial charge >= 0.3 is 0 Å². The molecule has 0 fully saturated rings. The van der Waals surface area contributed by atoms with Crippen LogP contribution in [0.5, 0.6) is 5.75 Å². The Morgan fingerprint density at radius 1 is 1.32 bits per heavy atom. The average molecular weight is 283 g/mol. The highest BCUT2D eigenvalue weighted by atomic mass is 32.1. The molecule has 102 valence electrons. The zero-order chi connectivity index (χ0) is 13.8. The van der Waals surface area contributed by atoms with Crippen LogP contribution in [-0.2, 0) is 6.54 Å². The first-order valence-electron chi connectivity index (χ1n) is 6.05. The van der Waals surface area contributed by atoms with Gasteiger partial charge in [-0.25, -0.2) is 8.78 Å². The lowest BCUT2D eigenvalue weighted by atomic mass is 10.1. The van der Waals surface area contributed by atoms with Gasteiger partial charge in [0.1, 0.15) is 0 Å². The summed E-state index contributed by atoms with van der Waals surface area (Å²) in [6, 6.07) is 6.47. The number of hydrogen-bond acceptors (Lipinski definition) is 3. The van der Waals surface area contributed by atoms with Crippen LogP contribution in [0.4, 0.5) is 8.78 Å². The smallest absolute Gasteiger partial charge is 0.187 e. The Balaban J connectivity index is 2.06. The van der Waals surface area contributed by atoms with Crippen molar-refractivity contribution >= 4 is 11.3 Å². The van der Waals surface area contributed by atoms with Gasteiger partial charge < -0.3 is 10.4 Å². The van der Waals surface area contributed by atoms with Gasteiger partial charge in [0.15, 0.2) is 17.4 Å². The van der Waals surface area contributed by atoms with E-state index in [0.29, 0.717) is 12.1 Å². The maximum Gasteiger partial charge on any atom is 0.187 e. The molecule has 0 spiro atoms. The Hall–Kier alpha value is -1.46. The van der Waals surface area contributed by atoms with Crippen LogP contribution in [0.1, 0.15) is 29.8 Å². The van der Waals surface area contributed by atoms with Gasteiger partial charge in [0.25, 0.3) is 0 Å². The first-order chi connectivity index (χ1) is 9.11. The van der Waals surface area contributed by atoms with Gasteiger partial charge in [-0.05, 0) is 35.6 Å². The summed E-state index contributed by atoms with van der Waals surface area (Å²) in [4.78, 5) is 1.20. The molecule has 0 aliphatic rings. The summed E-state index contributed by atoms with van der Waals surface area (Å²) in [5.74, 6) is -2.78. The number of phenols is 1. The average Bonchev–Trinajstić information content (AvgIpc) is 2.90. The molecule has 1 atom stereocenters. The van der Waals surface area contributed by atoms with Crippen molar-refractivity contribution in [3.05, 3.63) is 51.7 Å². The second-order valence-electron chi connectivity index (χ2n) is 4.27. The Morgan fingerprint density at radius 2 is 2.00 bits per heavy atom. The molecule has 0 saturated carbocycles. The molecule has 19 heavy (non-hydrogen) atoms. The zero-order valence-corrected chi connectivity index (χ0v) is 11.3. The molecule has 5 heteroatoms. The Bertz CT molecular complexity index is 519. The van der Waals surface area contributed by atoms with E-state index in [2.05, 4.69) is 12.2 Å². The largest absolute Gasteiger partial charge is 0.503 e. The first-order valence-corrected chi connectivity index (χ1v) is 6.93. The maximum atomic E-state index is 13.2. The molecule has 0 bridgehead atoms. The molecule has 1 unspecified atom stereocenters. The van der Waals surface area contributed by atoms with E-state index in [-0.39, 0.29) is 6.04 Å². The van der Waals surface area contributed by atoms with Gasteiger partial charge in [-0.15, -0.1) is 11.3 Å². The van der Waals surface area contributed by atoms with Crippen molar-refractivity contribution in [3.63, 3.8) is 0 Å². The van der Waals surface area contributed by atoms with E-state index < -0.39 is 17.4 Å². The van der Waals surface area contributed by atoms with Gasteiger partial charge in [-0.2, -0.15) is 0 Å². The fourth-order valence-electron chi connectivity index (χ4n) is 1.90. The highest BCUT2D eigenvalue weighted by Crippen LogP contribution is 2.24. The minimum Gasteiger partial charge on any atom is -0.503 e. The number of hydrogen-bond donors (Lipinski definition) is 2. The summed E-state index contributed by atoms with van der Waals surface area (Å²) < 4.78 is 26.4. The molecule has 1 aromatic heterocycles. The summed E-state index contributed by atoms with van der Waals surface area (Å²) in [6.07, 6.45) is 0.892. The van der Waals surface area contributed by atoms with E-state index in [1.807, 2.05) is 17.5 Å². The van der Waals surface area contributed by atoms with E-state index >= 15 is 0 Å². The Labute approximate surface area is 114 Å². The maximum absolute atomic E-state index is 13.2. The van der Waals surface area contributed by atoms with Crippen LogP contribution < -0.4 is 5.32 Å². The number of aromatic hydroxyl groups is 1. The second-order valence-corrected chi connectivity index (χ2v) is 5.24. The molecule has 0 radical (unpaired) electrons. The van der Waals surface area contributed by atoms with E-state index in [1.54, 1.807) is 11.3 Å². The minimum absolute atomic E-state index is 0.167. The Morgan fingerprint density at radius 3 is 2.53 bits per heavy atom. The minimum atomic E-state index is -0.930. The normalized spacial score (nSPS) is 12.6. The van der Waals surface area contributed by atoms with Crippen LogP contribution in [0.15, 0.2) is 29.6 Å².